The first-order valence-electron chi connectivity index (χ1n) is 11.1. The van der Waals surface area contributed by atoms with Crippen molar-refractivity contribution in [3.63, 3.8) is 0 Å². The van der Waals surface area contributed by atoms with Gasteiger partial charge in [0.25, 0.3) is 11.8 Å². The van der Waals surface area contributed by atoms with Crippen LogP contribution in [0.3, 0.4) is 0 Å². The molecule has 0 saturated carbocycles. The number of nitrogens with one attached hydrogen (secondary N) is 1. The zero-order valence-electron chi connectivity index (χ0n) is 18.2. The smallest absolute Gasteiger partial charge is 0.259 e. The Morgan fingerprint density at radius 2 is 1.79 bits per heavy atom. The SMILES string of the molecule is CCN1C(=O)c2ccccc2S(=O)(=O)c2ccc(C(=O)NC3CCCc4ccccc43)cc21. The van der Waals surface area contributed by atoms with Gasteiger partial charge in [-0.3, -0.25) is 9.59 Å². The van der Waals surface area contributed by atoms with Crippen molar-refractivity contribution in [2.45, 2.75) is 42.0 Å². The van der Waals surface area contributed by atoms with Crippen LogP contribution in [0.2, 0.25) is 0 Å². The van der Waals surface area contributed by atoms with E-state index in [1.54, 1.807) is 19.1 Å². The lowest BCUT2D eigenvalue weighted by atomic mass is 9.87. The molecule has 1 heterocycles. The summed E-state index contributed by atoms with van der Waals surface area (Å²) in [4.78, 5) is 27.8. The Balaban J connectivity index is 1.54. The fraction of sp³-hybridized carbons (Fsp3) is 0.231. The first kappa shape index (κ1) is 21.4. The number of aryl methyl sites for hydroxylation is 1. The minimum Gasteiger partial charge on any atom is -0.345 e. The number of benzene rings is 3. The highest BCUT2D eigenvalue weighted by Crippen LogP contribution is 2.37. The monoisotopic (exact) mass is 460 g/mol. The van der Waals surface area contributed by atoms with E-state index >= 15 is 0 Å². The zero-order valence-corrected chi connectivity index (χ0v) is 19.1. The highest BCUT2D eigenvalue weighted by atomic mass is 32.2. The van der Waals surface area contributed by atoms with Crippen LogP contribution in [0.15, 0.2) is 76.5 Å². The van der Waals surface area contributed by atoms with Crippen molar-refractivity contribution in [3.05, 3.63) is 89.0 Å². The molecule has 6 nitrogen and oxygen atoms in total. The first-order valence-corrected chi connectivity index (χ1v) is 12.6. The Morgan fingerprint density at radius 3 is 2.61 bits per heavy atom. The lowest BCUT2D eigenvalue weighted by Crippen LogP contribution is -2.32. The zero-order chi connectivity index (χ0) is 23.2. The molecule has 7 heteroatoms. The van der Waals surface area contributed by atoms with E-state index in [1.165, 1.54) is 40.8 Å². The lowest BCUT2D eigenvalue weighted by molar-refractivity contribution is 0.0930. The van der Waals surface area contributed by atoms with Crippen LogP contribution in [-0.4, -0.2) is 26.8 Å². The minimum atomic E-state index is -3.92. The molecule has 3 aromatic rings. The molecule has 2 aliphatic rings. The Labute approximate surface area is 193 Å². The predicted molar refractivity (Wildman–Crippen MR) is 125 cm³/mol. The van der Waals surface area contributed by atoms with Crippen LogP contribution in [0.5, 0.6) is 0 Å². The van der Waals surface area contributed by atoms with Crippen LogP contribution in [0.25, 0.3) is 0 Å². The first-order chi connectivity index (χ1) is 15.9. The molecule has 2 amide bonds. The highest BCUT2D eigenvalue weighted by Gasteiger charge is 2.35. The fourth-order valence-corrected chi connectivity index (χ4v) is 6.44. The van der Waals surface area contributed by atoms with Crippen molar-refractivity contribution in [1.29, 1.82) is 0 Å². The summed E-state index contributed by atoms with van der Waals surface area (Å²) in [5, 5.41) is 3.10. The molecule has 168 valence electrons. The number of nitrogens with zero attached hydrogens (tertiary/aromatic N) is 1. The van der Waals surface area contributed by atoms with Crippen LogP contribution in [0, 0.1) is 0 Å². The number of sulfone groups is 1. The minimum absolute atomic E-state index is 0.0109. The standard InChI is InChI=1S/C26H24N2O4S/c1-2-28-22-16-18(25(29)27-21-12-7-9-17-8-3-4-10-19(17)21)14-15-24(22)33(31,32)23-13-6-5-11-20(23)26(28)30/h3-6,8,10-11,13-16,21H,2,7,9,12H2,1H3,(H,27,29). The molecule has 1 N–H and O–H groups in total. The second-order valence-corrected chi connectivity index (χ2v) is 10.2. The van der Waals surface area contributed by atoms with E-state index in [2.05, 4.69) is 11.4 Å². The molecule has 0 spiro atoms. The number of amides is 2. The Bertz CT molecular complexity index is 1380. The molecule has 1 aliphatic carbocycles. The molecule has 33 heavy (non-hydrogen) atoms. The topological polar surface area (TPSA) is 83.6 Å². The maximum Gasteiger partial charge on any atom is 0.259 e. The van der Waals surface area contributed by atoms with Gasteiger partial charge in [0.05, 0.1) is 27.1 Å². The van der Waals surface area contributed by atoms with Gasteiger partial charge in [0.1, 0.15) is 0 Å². The van der Waals surface area contributed by atoms with Gasteiger partial charge in [-0.15, -0.1) is 0 Å². The van der Waals surface area contributed by atoms with Gasteiger partial charge in [-0.2, -0.15) is 0 Å². The van der Waals surface area contributed by atoms with Crippen molar-refractivity contribution in [2.75, 3.05) is 11.4 Å². The molecule has 0 bridgehead atoms. The Kier molecular flexibility index (Phi) is 5.29. The fourth-order valence-electron chi connectivity index (χ4n) is 4.81. The largest absolute Gasteiger partial charge is 0.345 e. The van der Waals surface area contributed by atoms with Gasteiger partial charge in [0.2, 0.25) is 9.84 Å². The number of hydrogen-bond donors (Lipinski definition) is 1. The van der Waals surface area contributed by atoms with Gasteiger partial charge >= 0.3 is 0 Å². The third kappa shape index (κ3) is 3.53. The maximum absolute atomic E-state index is 13.4. The van der Waals surface area contributed by atoms with E-state index in [-0.39, 0.29) is 39.5 Å². The molecule has 1 atom stereocenters. The van der Waals surface area contributed by atoms with Crippen molar-refractivity contribution >= 4 is 27.3 Å². The molecule has 0 radical (unpaired) electrons. The van der Waals surface area contributed by atoms with Gasteiger partial charge in [0.15, 0.2) is 0 Å². The number of fused-ring (bicyclic) bond motifs is 3. The number of rotatable bonds is 3. The summed E-state index contributed by atoms with van der Waals surface area (Å²) in [6.45, 7) is 2.06. The summed E-state index contributed by atoms with van der Waals surface area (Å²) in [6, 6.07) is 18.7. The predicted octanol–water partition coefficient (Wildman–Crippen LogP) is 4.31. The summed E-state index contributed by atoms with van der Waals surface area (Å²) in [7, 11) is -3.92. The average molecular weight is 461 g/mol. The van der Waals surface area contributed by atoms with Crippen LogP contribution >= 0.6 is 0 Å². The summed E-state index contributed by atoms with van der Waals surface area (Å²) < 4.78 is 26.8. The average Bonchev–Trinajstić information content (AvgIpc) is 2.90. The summed E-state index contributed by atoms with van der Waals surface area (Å²) >= 11 is 0. The Morgan fingerprint density at radius 1 is 1.03 bits per heavy atom. The summed E-state index contributed by atoms with van der Waals surface area (Å²) in [5.74, 6) is -0.684. The van der Waals surface area contributed by atoms with E-state index in [9.17, 15) is 18.0 Å². The molecule has 1 aliphatic heterocycles. The van der Waals surface area contributed by atoms with E-state index in [0.717, 1.165) is 24.8 Å². The molecule has 3 aromatic carbocycles. The van der Waals surface area contributed by atoms with Crippen LogP contribution in [0.1, 0.15) is 57.7 Å². The maximum atomic E-state index is 13.4. The lowest BCUT2D eigenvalue weighted by Gasteiger charge is -2.27. The number of anilines is 1. The normalized spacial score (nSPS) is 18.5. The molecular weight excluding hydrogens is 436 g/mol. The Hall–Kier alpha value is -3.45. The second kappa shape index (κ2) is 8.15. The highest BCUT2D eigenvalue weighted by molar-refractivity contribution is 7.91. The number of hydrogen-bond acceptors (Lipinski definition) is 4. The van der Waals surface area contributed by atoms with Crippen molar-refractivity contribution < 1.29 is 18.0 Å². The second-order valence-electron chi connectivity index (χ2n) is 8.35. The summed E-state index contributed by atoms with van der Waals surface area (Å²) in [6.07, 6.45) is 2.82. The number of carbonyl (C=O) groups excluding carboxylic acids is 2. The quantitative estimate of drug-likeness (QED) is 0.631. The third-order valence-electron chi connectivity index (χ3n) is 6.44. The van der Waals surface area contributed by atoms with E-state index in [4.69, 9.17) is 0 Å². The van der Waals surface area contributed by atoms with E-state index in [1.807, 2.05) is 18.2 Å². The van der Waals surface area contributed by atoms with Crippen molar-refractivity contribution in [3.8, 4) is 0 Å². The molecule has 5 rings (SSSR count). The van der Waals surface area contributed by atoms with Crippen molar-refractivity contribution in [2.24, 2.45) is 0 Å². The van der Waals surface area contributed by atoms with Gasteiger partial charge in [-0.1, -0.05) is 36.4 Å². The van der Waals surface area contributed by atoms with Crippen LogP contribution in [-0.2, 0) is 16.3 Å². The van der Waals surface area contributed by atoms with Gasteiger partial charge < -0.3 is 10.2 Å². The molecule has 0 aromatic heterocycles. The third-order valence-corrected chi connectivity index (χ3v) is 8.30. The van der Waals surface area contributed by atoms with Crippen molar-refractivity contribution in [1.82, 2.24) is 5.32 Å². The summed E-state index contributed by atoms with van der Waals surface area (Å²) in [5.41, 5.74) is 3.05. The molecule has 0 fully saturated rings. The molecule has 1 unspecified atom stereocenters. The van der Waals surface area contributed by atoms with Crippen LogP contribution < -0.4 is 10.2 Å². The van der Waals surface area contributed by atoms with E-state index < -0.39 is 15.7 Å². The number of carbonyl (C=O) groups is 2. The van der Waals surface area contributed by atoms with Gasteiger partial charge in [-0.05, 0) is 67.6 Å². The van der Waals surface area contributed by atoms with Crippen LogP contribution in [0.4, 0.5) is 5.69 Å². The van der Waals surface area contributed by atoms with Gasteiger partial charge in [0, 0.05) is 12.1 Å². The van der Waals surface area contributed by atoms with Gasteiger partial charge in [-0.25, -0.2) is 8.42 Å². The van der Waals surface area contributed by atoms with E-state index in [0.29, 0.717) is 5.56 Å². The molecule has 0 saturated heterocycles. The molecular formula is C26H24N2O4S.